The van der Waals surface area contributed by atoms with Gasteiger partial charge in [-0.1, -0.05) is 30.0 Å². The summed E-state index contributed by atoms with van der Waals surface area (Å²) >= 11 is 1.40. The molecule has 0 aliphatic rings. The lowest BCUT2D eigenvalue weighted by Crippen LogP contribution is -2.31. The maximum Gasteiger partial charge on any atom is 0.233 e. The van der Waals surface area contributed by atoms with Gasteiger partial charge in [0.25, 0.3) is 0 Å². The Morgan fingerprint density at radius 1 is 1.22 bits per heavy atom. The number of methoxy groups -OCH3 is 1. The van der Waals surface area contributed by atoms with Gasteiger partial charge in [-0.05, 0) is 26.0 Å². The fourth-order valence-corrected chi connectivity index (χ4v) is 3.12. The van der Waals surface area contributed by atoms with E-state index in [0.29, 0.717) is 17.5 Å². The first-order valence-corrected chi connectivity index (χ1v) is 8.59. The van der Waals surface area contributed by atoms with Crippen LogP contribution in [0.4, 0.5) is 0 Å². The van der Waals surface area contributed by atoms with Crippen LogP contribution in [0.25, 0.3) is 5.69 Å². The van der Waals surface area contributed by atoms with E-state index in [-0.39, 0.29) is 5.91 Å². The molecule has 0 bridgehead atoms. The van der Waals surface area contributed by atoms with E-state index in [0.717, 1.165) is 24.6 Å². The van der Waals surface area contributed by atoms with E-state index >= 15 is 0 Å². The van der Waals surface area contributed by atoms with Crippen molar-refractivity contribution in [2.45, 2.75) is 25.6 Å². The molecule has 2 rings (SSSR count). The average Bonchev–Trinajstić information content (AvgIpc) is 2.98. The molecule has 6 nitrogen and oxygen atoms in total. The van der Waals surface area contributed by atoms with Crippen molar-refractivity contribution in [3.05, 3.63) is 36.2 Å². The predicted octanol–water partition coefficient (Wildman–Crippen LogP) is 2.37. The Labute approximate surface area is 140 Å². The maximum atomic E-state index is 12.2. The molecule has 124 valence electrons. The molecule has 1 aromatic heterocycles. The second-order valence-electron chi connectivity index (χ2n) is 4.86. The summed E-state index contributed by atoms with van der Waals surface area (Å²) in [6.07, 6.45) is 0. The van der Waals surface area contributed by atoms with Crippen LogP contribution < -0.4 is 0 Å². The molecule has 0 fully saturated rings. The third-order valence-corrected chi connectivity index (χ3v) is 4.34. The predicted molar refractivity (Wildman–Crippen MR) is 90.7 cm³/mol. The highest BCUT2D eigenvalue weighted by Crippen LogP contribution is 2.22. The number of aromatic nitrogens is 3. The van der Waals surface area contributed by atoms with E-state index in [2.05, 4.69) is 10.2 Å². The highest BCUT2D eigenvalue weighted by molar-refractivity contribution is 7.99. The van der Waals surface area contributed by atoms with Crippen molar-refractivity contribution in [2.24, 2.45) is 0 Å². The Hall–Kier alpha value is -1.86. The SMILES string of the molecule is CCN(CC)C(=O)CSc1nnc(COC)n1-c1ccccc1. The third-order valence-electron chi connectivity index (χ3n) is 3.43. The van der Waals surface area contributed by atoms with Gasteiger partial charge >= 0.3 is 0 Å². The zero-order valence-electron chi connectivity index (χ0n) is 13.7. The molecule has 0 spiro atoms. The molecular formula is C16H22N4O2S. The van der Waals surface area contributed by atoms with Gasteiger partial charge in [0.1, 0.15) is 6.61 Å². The van der Waals surface area contributed by atoms with Crippen LogP contribution in [0.1, 0.15) is 19.7 Å². The quantitative estimate of drug-likeness (QED) is 0.694. The van der Waals surface area contributed by atoms with Crippen LogP contribution in [0, 0.1) is 0 Å². The van der Waals surface area contributed by atoms with Crippen molar-refractivity contribution in [1.82, 2.24) is 19.7 Å². The number of carbonyl (C=O) groups is 1. The van der Waals surface area contributed by atoms with E-state index in [1.165, 1.54) is 11.8 Å². The first-order valence-electron chi connectivity index (χ1n) is 7.60. The van der Waals surface area contributed by atoms with E-state index < -0.39 is 0 Å². The Morgan fingerprint density at radius 3 is 2.52 bits per heavy atom. The van der Waals surface area contributed by atoms with Crippen molar-refractivity contribution in [1.29, 1.82) is 0 Å². The number of para-hydroxylation sites is 1. The summed E-state index contributed by atoms with van der Waals surface area (Å²) in [7, 11) is 1.63. The van der Waals surface area contributed by atoms with Crippen LogP contribution in [0.5, 0.6) is 0 Å². The lowest BCUT2D eigenvalue weighted by Gasteiger charge is -2.18. The number of ether oxygens (including phenoxy) is 1. The molecule has 0 radical (unpaired) electrons. The summed E-state index contributed by atoms with van der Waals surface area (Å²) in [5.41, 5.74) is 0.960. The number of rotatable bonds is 8. The molecule has 0 saturated heterocycles. The molecule has 1 aromatic carbocycles. The van der Waals surface area contributed by atoms with Crippen molar-refractivity contribution < 1.29 is 9.53 Å². The maximum absolute atomic E-state index is 12.2. The molecule has 23 heavy (non-hydrogen) atoms. The number of carbonyl (C=O) groups excluding carboxylic acids is 1. The Morgan fingerprint density at radius 2 is 1.91 bits per heavy atom. The van der Waals surface area contributed by atoms with Gasteiger partial charge in [0.15, 0.2) is 11.0 Å². The van der Waals surface area contributed by atoms with Gasteiger partial charge < -0.3 is 9.64 Å². The molecule has 0 aliphatic carbocycles. The zero-order valence-corrected chi connectivity index (χ0v) is 14.5. The summed E-state index contributed by atoms with van der Waals surface area (Å²) in [5, 5.41) is 9.10. The Bertz CT molecular complexity index is 626. The number of benzene rings is 1. The molecular weight excluding hydrogens is 312 g/mol. The van der Waals surface area contributed by atoms with E-state index in [1.54, 1.807) is 7.11 Å². The van der Waals surface area contributed by atoms with Crippen LogP contribution >= 0.6 is 11.8 Å². The van der Waals surface area contributed by atoms with E-state index in [9.17, 15) is 4.79 Å². The van der Waals surface area contributed by atoms with Crippen LogP contribution in [-0.4, -0.2) is 51.5 Å². The number of hydrogen-bond acceptors (Lipinski definition) is 5. The van der Waals surface area contributed by atoms with Crippen molar-refractivity contribution in [3.8, 4) is 5.69 Å². The minimum atomic E-state index is 0.107. The topological polar surface area (TPSA) is 60.3 Å². The molecule has 1 amide bonds. The number of nitrogens with zero attached hydrogens (tertiary/aromatic N) is 4. The molecule has 1 heterocycles. The van der Waals surface area contributed by atoms with Gasteiger partial charge in [-0.3, -0.25) is 9.36 Å². The Kier molecular flexibility index (Phi) is 6.61. The van der Waals surface area contributed by atoms with Crippen molar-refractivity contribution >= 4 is 17.7 Å². The lowest BCUT2D eigenvalue weighted by atomic mass is 10.3. The van der Waals surface area contributed by atoms with Crippen molar-refractivity contribution in [3.63, 3.8) is 0 Å². The second kappa shape index (κ2) is 8.69. The van der Waals surface area contributed by atoms with Gasteiger partial charge in [0.05, 0.1) is 5.75 Å². The molecule has 0 aliphatic heterocycles. The normalized spacial score (nSPS) is 10.7. The van der Waals surface area contributed by atoms with Gasteiger partial charge in [-0.25, -0.2) is 0 Å². The van der Waals surface area contributed by atoms with Crippen LogP contribution in [0.15, 0.2) is 35.5 Å². The largest absolute Gasteiger partial charge is 0.377 e. The fourth-order valence-electron chi connectivity index (χ4n) is 2.25. The Balaban J connectivity index is 2.21. The smallest absolute Gasteiger partial charge is 0.233 e. The lowest BCUT2D eigenvalue weighted by molar-refractivity contribution is -0.127. The molecule has 2 aromatic rings. The first-order chi connectivity index (χ1) is 11.2. The van der Waals surface area contributed by atoms with Gasteiger partial charge in [0, 0.05) is 25.9 Å². The summed E-state index contributed by atoms with van der Waals surface area (Å²) in [4.78, 5) is 14.0. The van der Waals surface area contributed by atoms with Crippen LogP contribution in [-0.2, 0) is 16.1 Å². The summed E-state index contributed by atoms with van der Waals surface area (Å²) < 4.78 is 7.13. The summed E-state index contributed by atoms with van der Waals surface area (Å²) in [6.45, 7) is 5.77. The van der Waals surface area contributed by atoms with E-state index in [4.69, 9.17) is 4.74 Å². The van der Waals surface area contributed by atoms with Gasteiger partial charge in [0.2, 0.25) is 5.91 Å². The third kappa shape index (κ3) is 4.33. The zero-order chi connectivity index (χ0) is 16.7. The standard InChI is InChI=1S/C16H22N4O2S/c1-4-19(5-2)15(21)12-23-16-18-17-14(11-22-3)20(16)13-9-7-6-8-10-13/h6-10H,4-5,11-12H2,1-3H3. The minimum absolute atomic E-state index is 0.107. The highest BCUT2D eigenvalue weighted by Gasteiger charge is 2.17. The number of amides is 1. The molecule has 0 N–H and O–H groups in total. The fraction of sp³-hybridized carbons (Fsp3) is 0.438. The minimum Gasteiger partial charge on any atom is -0.377 e. The molecule has 0 saturated carbocycles. The average molecular weight is 334 g/mol. The summed E-state index contributed by atoms with van der Waals surface area (Å²) in [6, 6.07) is 9.85. The second-order valence-corrected chi connectivity index (χ2v) is 5.80. The summed E-state index contributed by atoms with van der Waals surface area (Å²) in [5.74, 6) is 1.17. The van der Waals surface area contributed by atoms with Crippen LogP contribution in [0.2, 0.25) is 0 Å². The molecule has 0 unspecified atom stereocenters. The molecule has 0 atom stereocenters. The van der Waals surface area contributed by atoms with Gasteiger partial charge in [-0.2, -0.15) is 0 Å². The number of hydrogen-bond donors (Lipinski definition) is 0. The van der Waals surface area contributed by atoms with Crippen molar-refractivity contribution in [2.75, 3.05) is 26.0 Å². The highest BCUT2D eigenvalue weighted by atomic mass is 32.2. The van der Waals surface area contributed by atoms with Crippen LogP contribution in [0.3, 0.4) is 0 Å². The van der Waals surface area contributed by atoms with Gasteiger partial charge in [-0.15, -0.1) is 10.2 Å². The van der Waals surface area contributed by atoms with E-state index in [1.807, 2.05) is 53.6 Å². The molecule has 7 heteroatoms. The first kappa shape index (κ1) is 17.5. The monoisotopic (exact) mass is 334 g/mol. The number of thioether (sulfide) groups is 1.